The van der Waals surface area contributed by atoms with Crippen LogP contribution < -0.4 is 5.32 Å². The van der Waals surface area contributed by atoms with Gasteiger partial charge in [0, 0.05) is 18.8 Å². The predicted molar refractivity (Wildman–Crippen MR) is 95.6 cm³/mol. The Labute approximate surface area is 147 Å². The van der Waals surface area contributed by atoms with Crippen molar-refractivity contribution in [1.82, 2.24) is 4.90 Å². The summed E-state index contributed by atoms with van der Waals surface area (Å²) >= 11 is 0. The number of carbonyl (C=O) groups is 1. The van der Waals surface area contributed by atoms with E-state index in [2.05, 4.69) is 10.2 Å². The van der Waals surface area contributed by atoms with Crippen molar-refractivity contribution in [3.63, 3.8) is 0 Å². The highest BCUT2D eigenvalue weighted by atomic mass is 19.1. The number of benzene rings is 2. The number of hydrogen-bond acceptors (Lipinski definition) is 3. The third-order valence-electron chi connectivity index (χ3n) is 4.65. The first-order valence-corrected chi connectivity index (χ1v) is 8.63. The van der Waals surface area contributed by atoms with Crippen LogP contribution in [0.25, 0.3) is 0 Å². The quantitative estimate of drug-likeness (QED) is 0.877. The zero-order valence-corrected chi connectivity index (χ0v) is 14.1. The fraction of sp³-hybridized carbons (Fsp3) is 0.350. The van der Waals surface area contributed by atoms with Crippen LogP contribution >= 0.6 is 0 Å². The number of aliphatic hydroxyl groups is 1. The molecule has 0 unspecified atom stereocenters. The standard InChI is InChI=1S/C20H23FN2O2/c21-17-8-10-18(11-9-17)22-20(25)19(16-6-2-1-3-7-16)23-12-4-5-15(13-23)14-24/h1-3,6-11,15,19,24H,4-5,12-14H2,(H,22,25)/t15-,19+/m1/s1. The van der Waals surface area contributed by atoms with Gasteiger partial charge < -0.3 is 10.4 Å². The lowest BCUT2D eigenvalue weighted by Gasteiger charge is -2.37. The summed E-state index contributed by atoms with van der Waals surface area (Å²) in [7, 11) is 0. The SMILES string of the molecule is O=C(Nc1ccc(F)cc1)[C@H](c1ccccc1)N1CCC[C@@H](CO)C1. The molecular weight excluding hydrogens is 319 g/mol. The number of carbonyl (C=O) groups excluding carboxylic acids is 1. The number of piperidine rings is 1. The van der Waals surface area contributed by atoms with Crippen molar-refractivity contribution in [3.05, 3.63) is 66.0 Å². The minimum absolute atomic E-state index is 0.136. The molecule has 1 amide bonds. The predicted octanol–water partition coefficient (Wildman–Crippen LogP) is 3.21. The normalized spacial score (nSPS) is 19.4. The van der Waals surface area contributed by atoms with E-state index in [1.165, 1.54) is 12.1 Å². The van der Waals surface area contributed by atoms with Crippen molar-refractivity contribution in [2.45, 2.75) is 18.9 Å². The Morgan fingerprint density at radius 3 is 2.60 bits per heavy atom. The summed E-state index contributed by atoms with van der Waals surface area (Å²) < 4.78 is 13.1. The van der Waals surface area contributed by atoms with Gasteiger partial charge in [-0.25, -0.2) is 4.39 Å². The van der Waals surface area contributed by atoms with Crippen LogP contribution in [0.5, 0.6) is 0 Å². The number of likely N-dealkylation sites (tertiary alicyclic amines) is 1. The van der Waals surface area contributed by atoms with Gasteiger partial charge in [-0.1, -0.05) is 30.3 Å². The van der Waals surface area contributed by atoms with Crippen molar-refractivity contribution in [1.29, 1.82) is 0 Å². The molecule has 25 heavy (non-hydrogen) atoms. The molecule has 1 saturated heterocycles. The van der Waals surface area contributed by atoms with Gasteiger partial charge in [0.1, 0.15) is 11.9 Å². The van der Waals surface area contributed by atoms with Crippen molar-refractivity contribution < 1.29 is 14.3 Å². The minimum atomic E-state index is -0.430. The maximum Gasteiger partial charge on any atom is 0.246 e. The Balaban J connectivity index is 1.83. The molecule has 4 nitrogen and oxygen atoms in total. The van der Waals surface area contributed by atoms with Gasteiger partial charge in [-0.05, 0) is 55.1 Å². The van der Waals surface area contributed by atoms with E-state index in [9.17, 15) is 14.3 Å². The Kier molecular flexibility index (Phi) is 5.79. The first-order valence-electron chi connectivity index (χ1n) is 8.63. The summed E-state index contributed by atoms with van der Waals surface area (Å²) in [6, 6.07) is 15.0. The van der Waals surface area contributed by atoms with Crippen molar-refractivity contribution in [2.75, 3.05) is 25.0 Å². The van der Waals surface area contributed by atoms with Crippen LogP contribution in [0, 0.1) is 11.7 Å². The molecule has 0 radical (unpaired) electrons. The van der Waals surface area contributed by atoms with E-state index in [1.807, 2.05) is 30.3 Å². The van der Waals surface area contributed by atoms with E-state index in [-0.39, 0.29) is 24.2 Å². The Bertz CT molecular complexity index is 691. The first-order chi connectivity index (χ1) is 12.2. The summed E-state index contributed by atoms with van der Waals surface area (Å²) in [5.74, 6) is -0.283. The number of anilines is 1. The average molecular weight is 342 g/mol. The lowest BCUT2D eigenvalue weighted by molar-refractivity contribution is -0.122. The van der Waals surface area contributed by atoms with Gasteiger partial charge in [-0.2, -0.15) is 0 Å². The third kappa shape index (κ3) is 4.44. The smallest absolute Gasteiger partial charge is 0.246 e. The van der Waals surface area contributed by atoms with Gasteiger partial charge in [0.25, 0.3) is 0 Å². The maximum atomic E-state index is 13.1. The lowest BCUT2D eigenvalue weighted by Crippen LogP contribution is -2.44. The Morgan fingerprint density at radius 1 is 1.20 bits per heavy atom. The minimum Gasteiger partial charge on any atom is -0.396 e. The topological polar surface area (TPSA) is 52.6 Å². The van der Waals surface area contributed by atoms with Crippen LogP contribution in [0.1, 0.15) is 24.4 Å². The largest absolute Gasteiger partial charge is 0.396 e. The van der Waals surface area contributed by atoms with Crippen molar-refractivity contribution in [3.8, 4) is 0 Å². The van der Waals surface area contributed by atoms with Crippen molar-refractivity contribution >= 4 is 11.6 Å². The third-order valence-corrected chi connectivity index (χ3v) is 4.65. The van der Waals surface area contributed by atoms with Gasteiger partial charge in [0.2, 0.25) is 5.91 Å². The van der Waals surface area contributed by atoms with Crippen molar-refractivity contribution in [2.24, 2.45) is 5.92 Å². The zero-order valence-electron chi connectivity index (χ0n) is 14.1. The molecule has 1 aliphatic rings. The molecule has 0 spiro atoms. The number of nitrogens with zero attached hydrogens (tertiary/aromatic N) is 1. The van der Waals surface area contributed by atoms with Crippen LogP contribution in [0.2, 0.25) is 0 Å². The number of nitrogens with one attached hydrogen (secondary N) is 1. The Hall–Kier alpha value is -2.24. The molecule has 2 aromatic carbocycles. The molecule has 132 valence electrons. The van der Waals surface area contributed by atoms with Gasteiger partial charge in [0.15, 0.2) is 0 Å². The molecule has 0 bridgehead atoms. The summed E-state index contributed by atoms with van der Waals surface area (Å²) in [5, 5.41) is 12.4. The zero-order chi connectivity index (χ0) is 17.6. The summed E-state index contributed by atoms with van der Waals surface area (Å²) in [6.07, 6.45) is 1.94. The van der Waals surface area contributed by atoms with Gasteiger partial charge >= 0.3 is 0 Å². The molecule has 1 fully saturated rings. The summed E-state index contributed by atoms with van der Waals surface area (Å²) in [4.78, 5) is 15.1. The van der Waals surface area contributed by atoms with E-state index in [1.54, 1.807) is 12.1 Å². The fourth-order valence-electron chi connectivity index (χ4n) is 3.39. The molecule has 2 N–H and O–H groups in total. The molecule has 0 saturated carbocycles. The van der Waals surface area contributed by atoms with Crippen LogP contribution in [0.15, 0.2) is 54.6 Å². The number of hydrogen-bond donors (Lipinski definition) is 2. The highest BCUT2D eigenvalue weighted by Gasteiger charge is 2.31. The van der Waals surface area contributed by atoms with E-state index >= 15 is 0 Å². The number of aliphatic hydroxyl groups excluding tert-OH is 1. The second kappa shape index (κ2) is 8.23. The summed E-state index contributed by atoms with van der Waals surface area (Å²) in [6.45, 7) is 1.64. The molecule has 5 heteroatoms. The van der Waals surface area contributed by atoms with Gasteiger partial charge in [-0.15, -0.1) is 0 Å². The number of rotatable bonds is 5. The van der Waals surface area contributed by atoms with Crippen LogP contribution in [0.4, 0.5) is 10.1 Å². The molecular formula is C20H23FN2O2. The van der Waals surface area contributed by atoms with E-state index < -0.39 is 6.04 Å². The van der Waals surface area contributed by atoms with Gasteiger partial charge in [0.05, 0.1) is 0 Å². The van der Waals surface area contributed by atoms with Crippen LogP contribution in [-0.4, -0.2) is 35.6 Å². The van der Waals surface area contributed by atoms with Gasteiger partial charge in [-0.3, -0.25) is 9.69 Å². The number of halogens is 1. The highest BCUT2D eigenvalue weighted by molar-refractivity contribution is 5.95. The second-order valence-corrected chi connectivity index (χ2v) is 6.50. The second-order valence-electron chi connectivity index (χ2n) is 6.50. The first kappa shape index (κ1) is 17.6. The fourth-order valence-corrected chi connectivity index (χ4v) is 3.39. The molecule has 0 aromatic heterocycles. The molecule has 3 rings (SSSR count). The highest BCUT2D eigenvalue weighted by Crippen LogP contribution is 2.28. The monoisotopic (exact) mass is 342 g/mol. The van der Waals surface area contributed by atoms with E-state index in [4.69, 9.17) is 0 Å². The molecule has 0 aliphatic carbocycles. The Morgan fingerprint density at radius 2 is 1.92 bits per heavy atom. The maximum absolute atomic E-state index is 13.1. The summed E-state index contributed by atoms with van der Waals surface area (Å²) in [5.41, 5.74) is 1.49. The molecule has 2 aromatic rings. The lowest BCUT2D eigenvalue weighted by atomic mass is 9.95. The van der Waals surface area contributed by atoms with Crippen LogP contribution in [0.3, 0.4) is 0 Å². The molecule has 1 heterocycles. The number of amides is 1. The van der Waals surface area contributed by atoms with Crippen LogP contribution in [-0.2, 0) is 4.79 Å². The van der Waals surface area contributed by atoms with E-state index in [0.29, 0.717) is 12.2 Å². The average Bonchev–Trinajstić information content (AvgIpc) is 2.65. The van der Waals surface area contributed by atoms with E-state index in [0.717, 1.165) is 24.9 Å². The molecule has 2 atom stereocenters. The molecule has 1 aliphatic heterocycles.